The van der Waals surface area contributed by atoms with Crippen LogP contribution in [-0.4, -0.2) is 56.7 Å². The smallest absolute Gasteiger partial charge is 0.356 e. The fourth-order valence-electron chi connectivity index (χ4n) is 1.40. The molecule has 0 fully saturated rings. The van der Waals surface area contributed by atoms with Crippen molar-refractivity contribution in [3.05, 3.63) is 17.8 Å². The molecule has 0 aliphatic carbocycles. The number of aromatic carboxylic acids is 1. The minimum absolute atomic E-state index is 0.127. The van der Waals surface area contributed by atoms with Gasteiger partial charge in [-0.25, -0.2) is 9.78 Å². The van der Waals surface area contributed by atoms with Crippen molar-refractivity contribution in [2.45, 2.75) is 6.42 Å². The molecule has 0 aliphatic rings. The molecule has 0 spiro atoms. The lowest BCUT2D eigenvalue weighted by atomic mass is 10.3. The summed E-state index contributed by atoms with van der Waals surface area (Å²) in [4.78, 5) is 23.4. The number of nitrogens with zero attached hydrogens (tertiary/aromatic N) is 4. The number of imidazole rings is 1. The summed E-state index contributed by atoms with van der Waals surface area (Å²) in [7, 11) is 3.89. The molecule has 0 aromatic carbocycles. The van der Waals surface area contributed by atoms with Crippen LogP contribution in [0.2, 0.25) is 0 Å². The van der Waals surface area contributed by atoms with Crippen LogP contribution in [0.5, 0.6) is 0 Å². The summed E-state index contributed by atoms with van der Waals surface area (Å²) in [5.41, 5.74) is 0.101. The molecule has 0 amide bonds. The van der Waals surface area contributed by atoms with Gasteiger partial charge in [0.15, 0.2) is 11.5 Å². The van der Waals surface area contributed by atoms with E-state index in [-0.39, 0.29) is 17.3 Å². The largest absolute Gasteiger partial charge is 0.476 e. The number of nitrogens with one attached hydrogen (secondary N) is 1. The number of aromatic amines is 1. The van der Waals surface area contributed by atoms with E-state index >= 15 is 0 Å². The maximum absolute atomic E-state index is 10.9. The van der Waals surface area contributed by atoms with E-state index in [1.807, 2.05) is 19.0 Å². The van der Waals surface area contributed by atoms with Crippen LogP contribution in [0, 0.1) is 0 Å². The summed E-state index contributed by atoms with van der Waals surface area (Å²) < 4.78 is 5.02. The fourth-order valence-corrected chi connectivity index (χ4v) is 1.40. The van der Waals surface area contributed by atoms with Crippen LogP contribution in [0.4, 0.5) is 0 Å². The zero-order chi connectivity index (χ0) is 13.1. The quantitative estimate of drug-likeness (QED) is 0.784. The molecule has 0 atom stereocenters. The van der Waals surface area contributed by atoms with E-state index in [0.717, 1.165) is 6.54 Å². The molecule has 96 valence electrons. The second-order valence-corrected chi connectivity index (χ2v) is 4.00. The van der Waals surface area contributed by atoms with E-state index in [2.05, 4.69) is 20.1 Å². The van der Waals surface area contributed by atoms with Crippen LogP contribution < -0.4 is 0 Å². The third-order valence-corrected chi connectivity index (χ3v) is 2.31. The molecule has 0 bridgehead atoms. The summed E-state index contributed by atoms with van der Waals surface area (Å²) in [6.45, 7) is 0.785. The first-order valence-corrected chi connectivity index (χ1v) is 5.32. The molecule has 2 aromatic rings. The van der Waals surface area contributed by atoms with E-state index in [4.69, 9.17) is 9.63 Å². The molecule has 0 aliphatic heterocycles. The molecular weight excluding hydrogens is 238 g/mol. The van der Waals surface area contributed by atoms with E-state index in [1.54, 1.807) is 0 Å². The van der Waals surface area contributed by atoms with Gasteiger partial charge in [0.05, 0.1) is 6.33 Å². The number of carboxylic acids is 1. The van der Waals surface area contributed by atoms with Gasteiger partial charge >= 0.3 is 5.97 Å². The minimum Gasteiger partial charge on any atom is -0.476 e. The number of carboxylic acid groups (broad SMARTS) is 1. The van der Waals surface area contributed by atoms with E-state index in [1.165, 1.54) is 6.33 Å². The molecule has 8 nitrogen and oxygen atoms in total. The van der Waals surface area contributed by atoms with Gasteiger partial charge in [-0.05, 0) is 14.1 Å². The number of carbonyl (C=O) groups is 1. The number of aromatic nitrogens is 4. The molecule has 0 saturated heterocycles. The Kier molecular flexibility index (Phi) is 3.38. The van der Waals surface area contributed by atoms with Gasteiger partial charge in [-0.3, -0.25) is 0 Å². The number of hydrogen-bond donors (Lipinski definition) is 2. The van der Waals surface area contributed by atoms with E-state index in [9.17, 15) is 4.79 Å². The number of hydrogen-bond acceptors (Lipinski definition) is 6. The fraction of sp³-hybridized carbons (Fsp3) is 0.400. The summed E-state index contributed by atoms with van der Waals surface area (Å²) >= 11 is 0. The zero-order valence-electron chi connectivity index (χ0n) is 10.0. The zero-order valence-corrected chi connectivity index (χ0v) is 10.0. The van der Waals surface area contributed by atoms with Gasteiger partial charge in [0, 0.05) is 13.0 Å². The highest BCUT2D eigenvalue weighted by molar-refractivity contribution is 5.91. The molecular formula is C10H13N5O3. The molecule has 0 saturated carbocycles. The normalized spacial score (nSPS) is 11.1. The molecule has 2 aromatic heterocycles. The van der Waals surface area contributed by atoms with Crippen molar-refractivity contribution in [1.82, 2.24) is 25.0 Å². The van der Waals surface area contributed by atoms with Gasteiger partial charge in [0.2, 0.25) is 0 Å². The monoisotopic (exact) mass is 251 g/mol. The summed E-state index contributed by atoms with van der Waals surface area (Å²) in [6, 6.07) is 0. The Morgan fingerprint density at radius 1 is 1.56 bits per heavy atom. The highest BCUT2D eigenvalue weighted by Crippen LogP contribution is 2.18. The lowest BCUT2D eigenvalue weighted by molar-refractivity contribution is 0.0691. The van der Waals surface area contributed by atoms with Crippen molar-refractivity contribution in [2.75, 3.05) is 20.6 Å². The van der Waals surface area contributed by atoms with Crippen LogP contribution in [0.15, 0.2) is 10.9 Å². The Balaban J connectivity index is 2.19. The third-order valence-electron chi connectivity index (χ3n) is 2.31. The average Bonchev–Trinajstić information content (AvgIpc) is 2.94. The second-order valence-electron chi connectivity index (χ2n) is 4.00. The number of likely N-dealkylation sites (N-methyl/N-ethyl adjacent to an activating group) is 1. The Labute approximate surface area is 103 Å². The van der Waals surface area contributed by atoms with E-state index in [0.29, 0.717) is 12.2 Å². The second kappa shape index (κ2) is 4.96. The predicted molar refractivity (Wildman–Crippen MR) is 61.1 cm³/mol. The summed E-state index contributed by atoms with van der Waals surface area (Å²) in [6.07, 6.45) is 1.91. The Bertz CT molecular complexity index is 545. The summed E-state index contributed by atoms with van der Waals surface area (Å²) in [5, 5.41) is 12.7. The van der Waals surface area contributed by atoms with Gasteiger partial charge in [0.25, 0.3) is 5.89 Å². The Hall–Kier alpha value is -2.22. The summed E-state index contributed by atoms with van der Waals surface area (Å²) in [5.74, 6) is -0.470. The van der Waals surface area contributed by atoms with Gasteiger partial charge in [-0.1, -0.05) is 5.16 Å². The third kappa shape index (κ3) is 2.54. The molecule has 2 rings (SSSR count). The molecule has 0 radical (unpaired) electrons. The van der Waals surface area contributed by atoms with Crippen molar-refractivity contribution < 1.29 is 14.4 Å². The van der Waals surface area contributed by atoms with Crippen LogP contribution in [-0.2, 0) is 6.42 Å². The number of rotatable bonds is 5. The molecule has 18 heavy (non-hydrogen) atoms. The maximum atomic E-state index is 10.9. The van der Waals surface area contributed by atoms with E-state index < -0.39 is 5.97 Å². The van der Waals surface area contributed by atoms with Crippen molar-refractivity contribution >= 4 is 5.97 Å². The predicted octanol–water partition coefficient (Wildman–Crippen LogP) is 0.262. The van der Waals surface area contributed by atoms with Gasteiger partial charge in [-0.2, -0.15) is 4.98 Å². The lowest BCUT2D eigenvalue weighted by Crippen LogP contribution is -2.15. The molecule has 2 heterocycles. The Morgan fingerprint density at radius 2 is 2.33 bits per heavy atom. The van der Waals surface area contributed by atoms with Gasteiger partial charge in [-0.15, -0.1) is 0 Å². The number of H-pyrrole nitrogens is 1. The molecule has 0 unspecified atom stereocenters. The van der Waals surface area contributed by atoms with Crippen LogP contribution in [0.1, 0.15) is 16.3 Å². The maximum Gasteiger partial charge on any atom is 0.356 e. The first-order valence-electron chi connectivity index (χ1n) is 5.32. The Morgan fingerprint density at radius 3 is 3.00 bits per heavy atom. The van der Waals surface area contributed by atoms with Crippen LogP contribution in [0.3, 0.4) is 0 Å². The topological polar surface area (TPSA) is 108 Å². The minimum atomic E-state index is -1.14. The first-order chi connectivity index (χ1) is 8.58. The highest BCUT2D eigenvalue weighted by Gasteiger charge is 2.19. The molecule has 8 heteroatoms. The van der Waals surface area contributed by atoms with Crippen molar-refractivity contribution in [1.29, 1.82) is 0 Å². The SMILES string of the molecule is CN(C)CCc1noc(-c2[nH]cnc2C(=O)O)n1. The van der Waals surface area contributed by atoms with Crippen molar-refractivity contribution in [3.63, 3.8) is 0 Å². The van der Waals surface area contributed by atoms with Crippen LogP contribution >= 0.6 is 0 Å². The molecule has 2 N–H and O–H groups in total. The average molecular weight is 251 g/mol. The van der Waals surface area contributed by atoms with Crippen molar-refractivity contribution in [2.24, 2.45) is 0 Å². The highest BCUT2D eigenvalue weighted by atomic mass is 16.5. The van der Waals surface area contributed by atoms with Gasteiger partial charge in [0.1, 0.15) is 5.69 Å². The van der Waals surface area contributed by atoms with Crippen molar-refractivity contribution in [3.8, 4) is 11.6 Å². The first kappa shape index (κ1) is 12.2. The standard InChI is InChI=1S/C10H13N5O3/c1-15(2)4-3-6-13-9(18-14-6)7-8(10(16)17)12-5-11-7/h5H,3-4H2,1-2H3,(H,11,12)(H,16,17). The van der Waals surface area contributed by atoms with Gasteiger partial charge < -0.3 is 19.5 Å². The lowest BCUT2D eigenvalue weighted by Gasteiger charge is -2.05. The van der Waals surface area contributed by atoms with Crippen LogP contribution in [0.25, 0.3) is 11.6 Å².